The Hall–Kier alpha value is -0.680. The molecule has 1 saturated heterocycles. The van der Waals surface area contributed by atoms with Gasteiger partial charge in [0.15, 0.2) is 11.5 Å². The molecule has 0 aromatic heterocycles. The maximum absolute atomic E-state index is 5.32. The van der Waals surface area contributed by atoms with Gasteiger partial charge in [-0.25, -0.2) is 0 Å². The molecule has 2 rings (SSSR count). The van der Waals surface area contributed by atoms with Gasteiger partial charge in [0, 0.05) is 0 Å². The zero-order chi connectivity index (χ0) is 11.4. The van der Waals surface area contributed by atoms with E-state index in [2.05, 4.69) is 22.8 Å². The van der Waals surface area contributed by atoms with Crippen molar-refractivity contribution in [2.24, 2.45) is 0 Å². The first-order chi connectivity index (χ1) is 7.85. The minimum atomic E-state index is 0. The maximum Gasteiger partial charge on any atom is 0.201 e. The maximum atomic E-state index is 5.32. The van der Waals surface area contributed by atoms with Crippen molar-refractivity contribution in [2.45, 2.75) is 5.92 Å². The molecule has 1 aliphatic heterocycles. The van der Waals surface area contributed by atoms with Crippen LogP contribution in [0.4, 0.5) is 0 Å². The molecular weight excluding hydrogens is 275 g/mol. The monoisotopic (exact) mass is 294 g/mol. The van der Waals surface area contributed by atoms with E-state index >= 15 is 0 Å². The van der Waals surface area contributed by atoms with Crippen LogP contribution in [0.1, 0.15) is 11.5 Å². The number of halogens is 2. The van der Waals surface area contributed by atoms with E-state index in [9.17, 15) is 0 Å². The highest BCUT2D eigenvalue weighted by Gasteiger charge is 2.21. The third kappa shape index (κ3) is 3.92. The smallest absolute Gasteiger partial charge is 0.201 e. The Morgan fingerprint density at radius 2 is 1.61 bits per heavy atom. The van der Waals surface area contributed by atoms with Crippen molar-refractivity contribution in [3.8, 4) is 11.5 Å². The van der Waals surface area contributed by atoms with Crippen molar-refractivity contribution in [3.63, 3.8) is 0 Å². The number of hydrogen-bond acceptors (Lipinski definition) is 2. The normalized spacial score (nSPS) is 15.2. The quantitative estimate of drug-likeness (QED) is 0.582. The summed E-state index contributed by atoms with van der Waals surface area (Å²) in [6, 6.07) is 6.22. The zero-order valence-electron chi connectivity index (χ0n) is 10.7. The van der Waals surface area contributed by atoms with Crippen molar-refractivity contribution in [3.05, 3.63) is 23.8 Å². The molecule has 18 heavy (non-hydrogen) atoms. The molecule has 0 spiro atoms. The number of ether oxygens (including phenoxy) is 2. The first-order valence-corrected chi connectivity index (χ1v) is 5.70. The molecule has 1 fully saturated rings. The van der Waals surface area contributed by atoms with Crippen LogP contribution in [0.3, 0.4) is 0 Å². The molecule has 1 aliphatic rings. The number of quaternary nitrogens is 2. The summed E-state index contributed by atoms with van der Waals surface area (Å²) in [7, 11) is 3.35. The number of rotatable bonds is 3. The van der Waals surface area contributed by atoms with Crippen molar-refractivity contribution in [1.82, 2.24) is 0 Å². The number of benzene rings is 1. The molecule has 1 aromatic carbocycles. The molecule has 0 atom stereocenters. The minimum Gasteiger partial charge on any atom is -1.00 e. The second kappa shape index (κ2) is 8.43. The van der Waals surface area contributed by atoms with Crippen LogP contribution in [0.15, 0.2) is 18.2 Å². The summed E-state index contributed by atoms with van der Waals surface area (Å²) in [5, 5.41) is 4.68. The standard InChI is InChI=1S/C12H18N2O2.2ClH/c1-15-11-4-3-9(5-12(11)16-2)10-6-13-8-14-7-10;;/h3-5,10,13-14H,6-8H2,1-2H3;2*1H. The molecule has 1 aromatic rings. The predicted molar refractivity (Wildman–Crippen MR) is 60.7 cm³/mol. The molecule has 4 N–H and O–H groups in total. The Balaban J connectivity index is 0.00000144. The summed E-state index contributed by atoms with van der Waals surface area (Å²) in [6.07, 6.45) is 0. The van der Waals surface area contributed by atoms with Gasteiger partial charge in [0.05, 0.1) is 33.2 Å². The summed E-state index contributed by atoms with van der Waals surface area (Å²) in [4.78, 5) is 0. The molecule has 0 radical (unpaired) electrons. The Bertz CT molecular complexity index is 358. The van der Waals surface area contributed by atoms with Gasteiger partial charge in [0.25, 0.3) is 0 Å². The van der Waals surface area contributed by atoms with Crippen LogP contribution in [0, 0.1) is 0 Å². The lowest BCUT2D eigenvalue weighted by molar-refractivity contribution is -0.881. The zero-order valence-corrected chi connectivity index (χ0v) is 12.2. The van der Waals surface area contributed by atoms with E-state index in [4.69, 9.17) is 9.47 Å². The Labute approximate surface area is 120 Å². The largest absolute Gasteiger partial charge is 1.00 e. The fraction of sp³-hybridized carbons (Fsp3) is 0.500. The van der Waals surface area contributed by atoms with Gasteiger partial charge in [-0.05, 0) is 17.7 Å². The highest BCUT2D eigenvalue weighted by Crippen LogP contribution is 2.29. The van der Waals surface area contributed by atoms with Gasteiger partial charge in [-0.2, -0.15) is 0 Å². The highest BCUT2D eigenvalue weighted by molar-refractivity contribution is 5.43. The molecule has 6 heteroatoms. The van der Waals surface area contributed by atoms with Crippen LogP contribution in [0.2, 0.25) is 0 Å². The lowest BCUT2D eigenvalue weighted by Gasteiger charge is -2.19. The van der Waals surface area contributed by atoms with Gasteiger partial charge in [-0.15, -0.1) is 0 Å². The number of hydrogen-bond donors (Lipinski definition) is 2. The summed E-state index contributed by atoms with van der Waals surface area (Å²) < 4.78 is 10.6. The number of nitrogens with two attached hydrogens (primary N) is 2. The van der Waals surface area contributed by atoms with E-state index in [1.54, 1.807) is 14.2 Å². The van der Waals surface area contributed by atoms with E-state index in [1.807, 2.05) is 6.07 Å². The van der Waals surface area contributed by atoms with E-state index in [0.717, 1.165) is 31.3 Å². The van der Waals surface area contributed by atoms with Crippen LogP contribution in [-0.2, 0) is 0 Å². The molecule has 0 saturated carbocycles. The first kappa shape index (κ1) is 17.3. The Morgan fingerprint density at radius 1 is 1.00 bits per heavy atom. The molecular formula is C12H20Cl2N2O2. The average molecular weight is 295 g/mol. The first-order valence-electron chi connectivity index (χ1n) is 5.70. The van der Waals surface area contributed by atoms with E-state index in [1.165, 1.54) is 5.56 Å². The van der Waals surface area contributed by atoms with Crippen molar-refractivity contribution < 1.29 is 44.9 Å². The molecule has 0 unspecified atom stereocenters. The fourth-order valence-electron chi connectivity index (χ4n) is 2.19. The van der Waals surface area contributed by atoms with E-state index in [0.29, 0.717) is 5.92 Å². The minimum absolute atomic E-state index is 0. The third-order valence-electron chi connectivity index (χ3n) is 3.11. The van der Waals surface area contributed by atoms with Gasteiger partial charge < -0.3 is 34.3 Å². The molecule has 0 amide bonds. The van der Waals surface area contributed by atoms with Crippen LogP contribution >= 0.6 is 0 Å². The van der Waals surface area contributed by atoms with Gasteiger partial charge in [-0.3, -0.25) is 10.6 Å². The topological polar surface area (TPSA) is 51.7 Å². The molecule has 4 nitrogen and oxygen atoms in total. The average Bonchev–Trinajstić information content (AvgIpc) is 2.39. The second-order valence-corrected chi connectivity index (χ2v) is 4.10. The summed E-state index contributed by atoms with van der Waals surface area (Å²) in [6.45, 7) is 3.46. The summed E-state index contributed by atoms with van der Waals surface area (Å²) >= 11 is 0. The van der Waals surface area contributed by atoms with Gasteiger partial charge in [-0.1, -0.05) is 6.07 Å². The molecule has 1 heterocycles. The van der Waals surface area contributed by atoms with Crippen molar-refractivity contribution in [2.75, 3.05) is 34.0 Å². The van der Waals surface area contributed by atoms with Crippen LogP contribution in [0.5, 0.6) is 11.5 Å². The van der Waals surface area contributed by atoms with Crippen LogP contribution in [0.25, 0.3) is 0 Å². The van der Waals surface area contributed by atoms with E-state index in [-0.39, 0.29) is 24.8 Å². The SMILES string of the molecule is COc1ccc(C2C[NH2+]C[NH2+]C2)cc1OC.[Cl-].[Cl-]. The lowest BCUT2D eigenvalue weighted by Crippen LogP contribution is -3.10. The Kier molecular flexibility index (Phi) is 8.11. The molecule has 0 bridgehead atoms. The second-order valence-electron chi connectivity index (χ2n) is 4.10. The molecule has 0 aliphatic carbocycles. The Morgan fingerprint density at radius 3 is 2.17 bits per heavy atom. The van der Waals surface area contributed by atoms with Gasteiger partial charge in [0.2, 0.25) is 6.67 Å². The summed E-state index contributed by atoms with van der Waals surface area (Å²) in [5.74, 6) is 2.23. The van der Waals surface area contributed by atoms with E-state index < -0.39 is 0 Å². The number of methoxy groups -OCH3 is 2. The van der Waals surface area contributed by atoms with Crippen LogP contribution in [-0.4, -0.2) is 34.0 Å². The van der Waals surface area contributed by atoms with Crippen molar-refractivity contribution >= 4 is 0 Å². The third-order valence-corrected chi connectivity index (χ3v) is 3.11. The lowest BCUT2D eigenvalue weighted by atomic mass is 9.97. The fourth-order valence-corrected chi connectivity index (χ4v) is 2.19. The molecule has 104 valence electrons. The van der Waals surface area contributed by atoms with Crippen LogP contribution < -0.4 is 44.9 Å². The predicted octanol–water partition coefficient (Wildman–Crippen LogP) is -7.11. The van der Waals surface area contributed by atoms with Crippen molar-refractivity contribution in [1.29, 1.82) is 0 Å². The summed E-state index contributed by atoms with van der Waals surface area (Å²) in [5.41, 5.74) is 1.34. The van der Waals surface area contributed by atoms with Gasteiger partial charge >= 0.3 is 0 Å². The van der Waals surface area contributed by atoms with Gasteiger partial charge in [0.1, 0.15) is 0 Å². The highest BCUT2D eigenvalue weighted by atomic mass is 35.5.